The number of likely N-dealkylation sites (N-methyl/N-ethyl adjacent to an activating group) is 1. The second-order valence-corrected chi connectivity index (χ2v) is 5.52. The lowest BCUT2D eigenvalue weighted by Gasteiger charge is -2.35. The van der Waals surface area contributed by atoms with Crippen molar-refractivity contribution < 1.29 is 4.79 Å². The van der Waals surface area contributed by atoms with Crippen LogP contribution in [0.2, 0.25) is 0 Å². The third-order valence-corrected chi connectivity index (χ3v) is 4.29. The molecule has 3 rings (SSSR count). The third-order valence-electron chi connectivity index (χ3n) is 4.29. The molecule has 0 radical (unpaired) electrons. The number of carbonyl (C=O) groups excluding carboxylic acids is 1. The number of amides is 1. The predicted molar refractivity (Wildman–Crippen MR) is 77.5 cm³/mol. The topological polar surface area (TPSA) is 44.4 Å². The quantitative estimate of drug-likeness (QED) is 0.856. The molecule has 1 aromatic rings. The summed E-state index contributed by atoms with van der Waals surface area (Å²) in [4.78, 5) is 14.3. The van der Waals surface area contributed by atoms with E-state index < -0.39 is 0 Å². The van der Waals surface area contributed by atoms with Crippen molar-refractivity contribution in [3.8, 4) is 0 Å². The molecule has 0 aliphatic carbocycles. The van der Waals surface area contributed by atoms with E-state index in [2.05, 4.69) is 40.7 Å². The smallest absolute Gasteiger partial charge is 0.246 e. The molecule has 19 heavy (non-hydrogen) atoms. The maximum absolute atomic E-state index is 11.8. The highest BCUT2D eigenvalue weighted by Crippen LogP contribution is 2.35. The lowest BCUT2D eigenvalue weighted by Crippen LogP contribution is -2.37. The molecule has 1 saturated heterocycles. The summed E-state index contributed by atoms with van der Waals surface area (Å²) in [6, 6.07) is 6.72. The number of benzene rings is 1. The van der Waals surface area contributed by atoms with Crippen molar-refractivity contribution in [1.82, 2.24) is 5.32 Å². The molecule has 1 fully saturated rings. The molecule has 2 N–H and O–H groups in total. The van der Waals surface area contributed by atoms with Gasteiger partial charge in [-0.25, -0.2) is 0 Å². The summed E-state index contributed by atoms with van der Waals surface area (Å²) in [6.07, 6.45) is 3.83. The van der Waals surface area contributed by atoms with Gasteiger partial charge in [-0.1, -0.05) is 6.07 Å². The molecule has 2 aliphatic heterocycles. The van der Waals surface area contributed by atoms with E-state index in [1.807, 2.05) is 7.05 Å². The average Bonchev–Trinajstić information content (AvgIpc) is 2.73. The normalized spacial score (nSPS) is 26.2. The summed E-state index contributed by atoms with van der Waals surface area (Å²) in [5, 5.41) is 6.02. The lowest BCUT2D eigenvalue weighted by molar-refractivity contribution is -0.117. The average molecular weight is 259 g/mol. The molecule has 4 nitrogen and oxygen atoms in total. The maximum atomic E-state index is 11.8. The largest absolute Gasteiger partial charge is 0.369 e. The Labute approximate surface area is 114 Å². The number of hydrogen-bond donors (Lipinski definition) is 2. The molecule has 0 spiro atoms. The Morgan fingerprint density at radius 2 is 2.21 bits per heavy atom. The fraction of sp³-hybridized carbons (Fsp3) is 0.533. The minimum atomic E-state index is -0.206. The van der Waals surface area contributed by atoms with Crippen LogP contribution in [0.4, 0.5) is 11.4 Å². The molecule has 1 amide bonds. The van der Waals surface area contributed by atoms with E-state index in [4.69, 9.17) is 0 Å². The second kappa shape index (κ2) is 4.85. The second-order valence-electron chi connectivity index (χ2n) is 5.52. The molecule has 2 atom stereocenters. The minimum absolute atomic E-state index is 0.0429. The number of carbonyl (C=O) groups is 1. The number of nitrogens with one attached hydrogen (secondary N) is 2. The van der Waals surface area contributed by atoms with Gasteiger partial charge in [0, 0.05) is 29.5 Å². The summed E-state index contributed by atoms with van der Waals surface area (Å²) in [6.45, 7) is 3.39. The first-order chi connectivity index (χ1) is 9.20. The van der Waals surface area contributed by atoms with Crippen LogP contribution in [0.1, 0.15) is 37.8 Å². The fourth-order valence-electron chi connectivity index (χ4n) is 3.20. The third kappa shape index (κ3) is 2.10. The zero-order chi connectivity index (χ0) is 13.4. The Balaban J connectivity index is 1.90. The molecular weight excluding hydrogens is 238 g/mol. The van der Waals surface area contributed by atoms with Gasteiger partial charge in [0.2, 0.25) is 5.91 Å². The standard InChI is InChI=1S/C15H21N3O/c1-10-5-3-4-8-18(10)11-6-7-12-13(9-11)17-15(19)14(12)16-2/h6-7,9-10,14,16H,3-5,8H2,1-2H3,(H,17,19). The summed E-state index contributed by atoms with van der Waals surface area (Å²) in [7, 11) is 1.82. The molecule has 0 bridgehead atoms. The first-order valence-electron chi connectivity index (χ1n) is 7.09. The first-order valence-corrected chi connectivity index (χ1v) is 7.09. The van der Waals surface area contributed by atoms with E-state index >= 15 is 0 Å². The van der Waals surface area contributed by atoms with Gasteiger partial charge in [0.05, 0.1) is 0 Å². The Bertz CT molecular complexity index is 500. The molecule has 2 unspecified atom stereocenters. The van der Waals surface area contributed by atoms with Gasteiger partial charge in [-0.15, -0.1) is 0 Å². The van der Waals surface area contributed by atoms with Crippen molar-refractivity contribution in [3.63, 3.8) is 0 Å². The van der Waals surface area contributed by atoms with E-state index in [1.165, 1.54) is 24.9 Å². The molecule has 2 heterocycles. The molecule has 0 saturated carbocycles. The zero-order valence-electron chi connectivity index (χ0n) is 11.6. The zero-order valence-corrected chi connectivity index (χ0v) is 11.6. The van der Waals surface area contributed by atoms with Gasteiger partial charge in [0.1, 0.15) is 6.04 Å². The lowest BCUT2D eigenvalue weighted by atomic mass is 10.0. The van der Waals surface area contributed by atoms with Gasteiger partial charge in [0.15, 0.2) is 0 Å². The summed E-state index contributed by atoms with van der Waals surface area (Å²) in [5.41, 5.74) is 3.24. The van der Waals surface area contributed by atoms with Gasteiger partial charge in [0.25, 0.3) is 0 Å². The fourth-order valence-corrected chi connectivity index (χ4v) is 3.20. The summed E-state index contributed by atoms with van der Waals surface area (Å²) >= 11 is 0. The SMILES string of the molecule is CNC1C(=O)Nc2cc(N3CCCCC3C)ccc21. The molecule has 102 valence electrons. The highest BCUT2D eigenvalue weighted by atomic mass is 16.2. The van der Waals surface area contributed by atoms with Crippen LogP contribution in [0, 0.1) is 0 Å². The van der Waals surface area contributed by atoms with E-state index in [-0.39, 0.29) is 11.9 Å². The Kier molecular flexibility index (Phi) is 3.19. The predicted octanol–water partition coefficient (Wildman–Crippen LogP) is 2.28. The monoisotopic (exact) mass is 259 g/mol. The number of piperidine rings is 1. The van der Waals surface area contributed by atoms with E-state index in [9.17, 15) is 4.79 Å². The van der Waals surface area contributed by atoms with Gasteiger partial charge >= 0.3 is 0 Å². The van der Waals surface area contributed by atoms with Crippen LogP contribution in [0.3, 0.4) is 0 Å². The van der Waals surface area contributed by atoms with Crippen LogP contribution >= 0.6 is 0 Å². The highest BCUT2D eigenvalue weighted by Gasteiger charge is 2.30. The van der Waals surface area contributed by atoms with Crippen molar-refractivity contribution in [3.05, 3.63) is 23.8 Å². The van der Waals surface area contributed by atoms with Crippen LogP contribution in [-0.2, 0) is 4.79 Å². The van der Waals surface area contributed by atoms with Crippen molar-refractivity contribution in [2.45, 2.75) is 38.3 Å². The summed E-state index contributed by atoms with van der Waals surface area (Å²) in [5.74, 6) is 0.0429. The molecule has 1 aromatic carbocycles. The molecule has 4 heteroatoms. The maximum Gasteiger partial charge on any atom is 0.246 e. The minimum Gasteiger partial charge on any atom is -0.369 e. The van der Waals surface area contributed by atoms with Gasteiger partial charge < -0.3 is 15.5 Å². The van der Waals surface area contributed by atoms with Crippen LogP contribution < -0.4 is 15.5 Å². The first kappa shape index (κ1) is 12.5. The van der Waals surface area contributed by atoms with Crippen molar-refractivity contribution in [2.75, 3.05) is 23.8 Å². The number of fused-ring (bicyclic) bond motifs is 1. The van der Waals surface area contributed by atoms with E-state index in [0.717, 1.165) is 17.8 Å². The van der Waals surface area contributed by atoms with Gasteiger partial charge in [-0.05, 0) is 45.4 Å². The van der Waals surface area contributed by atoms with Gasteiger partial charge in [-0.3, -0.25) is 4.79 Å². The number of hydrogen-bond acceptors (Lipinski definition) is 3. The molecule has 0 aromatic heterocycles. The van der Waals surface area contributed by atoms with Crippen LogP contribution in [0.5, 0.6) is 0 Å². The van der Waals surface area contributed by atoms with E-state index in [0.29, 0.717) is 6.04 Å². The van der Waals surface area contributed by atoms with Crippen LogP contribution in [0.15, 0.2) is 18.2 Å². The summed E-state index contributed by atoms with van der Waals surface area (Å²) < 4.78 is 0. The highest BCUT2D eigenvalue weighted by molar-refractivity contribution is 6.03. The number of rotatable bonds is 2. The van der Waals surface area contributed by atoms with E-state index in [1.54, 1.807) is 0 Å². The Morgan fingerprint density at radius 3 is 2.95 bits per heavy atom. The Hall–Kier alpha value is -1.55. The number of nitrogens with zero attached hydrogens (tertiary/aromatic N) is 1. The van der Waals surface area contributed by atoms with Crippen molar-refractivity contribution in [1.29, 1.82) is 0 Å². The van der Waals surface area contributed by atoms with Crippen LogP contribution in [0.25, 0.3) is 0 Å². The molecule has 2 aliphatic rings. The van der Waals surface area contributed by atoms with Crippen molar-refractivity contribution in [2.24, 2.45) is 0 Å². The number of anilines is 2. The van der Waals surface area contributed by atoms with Gasteiger partial charge in [-0.2, -0.15) is 0 Å². The van der Waals surface area contributed by atoms with Crippen molar-refractivity contribution >= 4 is 17.3 Å². The molecular formula is C15H21N3O. The van der Waals surface area contributed by atoms with Crippen LogP contribution in [-0.4, -0.2) is 25.5 Å². The Morgan fingerprint density at radius 1 is 1.37 bits per heavy atom.